The SMILES string of the molecule is CCN(Cc1ccccc1)c1cc(C)nc(Nc2cccc(NC(C)=O)c2)n1. The van der Waals surface area contributed by atoms with E-state index < -0.39 is 0 Å². The molecule has 0 atom stereocenters. The molecule has 0 radical (unpaired) electrons. The van der Waals surface area contributed by atoms with E-state index in [1.165, 1.54) is 12.5 Å². The molecule has 6 heteroatoms. The second-order valence-electron chi connectivity index (χ2n) is 6.58. The summed E-state index contributed by atoms with van der Waals surface area (Å²) in [6, 6.07) is 19.8. The molecule has 0 aliphatic heterocycles. The van der Waals surface area contributed by atoms with Crippen molar-refractivity contribution in [2.75, 3.05) is 22.1 Å². The van der Waals surface area contributed by atoms with E-state index in [1.807, 2.05) is 55.5 Å². The topological polar surface area (TPSA) is 70.2 Å². The lowest BCUT2D eigenvalue weighted by Gasteiger charge is -2.23. The van der Waals surface area contributed by atoms with Crippen LogP contribution in [0.4, 0.5) is 23.1 Å². The largest absolute Gasteiger partial charge is 0.352 e. The normalized spacial score (nSPS) is 10.4. The van der Waals surface area contributed by atoms with Crippen molar-refractivity contribution in [1.82, 2.24) is 9.97 Å². The Bertz CT molecular complexity index is 943. The summed E-state index contributed by atoms with van der Waals surface area (Å²) >= 11 is 0. The molecule has 0 aliphatic carbocycles. The third kappa shape index (κ3) is 5.30. The van der Waals surface area contributed by atoms with Crippen molar-refractivity contribution in [3.63, 3.8) is 0 Å². The lowest BCUT2D eigenvalue weighted by atomic mass is 10.2. The van der Waals surface area contributed by atoms with Crippen LogP contribution in [-0.2, 0) is 11.3 Å². The minimum Gasteiger partial charge on any atom is -0.352 e. The van der Waals surface area contributed by atoms with Crippen LogP contribution in [0.2, 0.25) is 0 Å². The summed E-state index contributed by atoms with van der Waals surface area (Å²) in [5.41, 5.74) is 3.66. The number of amides is 1. The lowest BCUT2D eigenvalue weighted by Crippen LogP contribution is -2.23. The summed E-state index contributed by atoms with van der Waals surface area (Å²) in [7, 11) is 0. The quantitative estimate of drug-likeness (QED) is 0.636. The highest BCUT2D eigenvalue weighted by Crippen LogP contribution is 2.22. The number of nitrogens with one attached hydrogen (secondary N) is 2. The number of benzene rings is 2. The van der Waals surface area contributed by atoms with Gasteiger partial charge in [0.2, 0.25) is 11.9 Å². The van der Waals surface area contributed by atoms with E-state index in [2.05, 4.69) is 39.6 Å². The molecule has 0 saturated carbocycles. The fraction of sp³-hybridized carbons (Fsp3) is 0.227. The van der Waals surface area contributed by atoms with Gasteiger partial charge in [0.1, 0.15) is 5.82 Å². The van der Waals surface area contributed by atoms with Crippen molar-refractivity contribution < 1.29 is 4.79 Å². The molecule has 3 aromatic rings. The summed E-state index contributed by atoms with van der Waals surface area (Å²) < 4.78 is 0. The summed E-state index contributed by atoms with van der Waals surface area (Å²) in [5.74, 6) is 1.30. The number of rotatable bonds is 7. The van der Waals surface area contributed by atoms with Crippen molar-refractivity contribution in [3.05, 3.63) is 71.9 Å². The number of anilines is 4. The average Bonchev–Trinajstić information content (AvgIpc) is 2.66. The van der Waals surface area contributed by atoms with Crippen LogP contribution in [0.15, 0.2) is 60.7 Å². The summed E-state index contributed by atoms with van der Waals surface area (Å²) in [4.78, 5) is 22.7. The van der Waals surface area contributed by atoms with Gasteiger partial charge in [-0.2, -0.15) is 4.98 Å². The maximum absolute atomic E-state index is 11.3. The molecule has 3 rings (SSSR count). The Morgan fingerprint density at radius 3 is 2.46 bits per heavy atom. The monoisotopic (exact) mass is 375 g/mol. The van der Waals surface area contributed by atoms with Gasteiger partial charge in [-0.05, 0) is 37.6 Å². The lowest BCUT2D eigenvalue weighted by molar-refractivity contribution is -0.114. The van der Waals surface area contributed by atoms with Gasteiger partial charge in [0.25, 0.3) is 0 Å². The maximum atomic E-state index is 11.3. The molecule has 0 saturated heterocycles. The summed E-state index contributed by atoms with van der Waals surface area (Å²) in [5, 5.41) is 6.02. The second kappa shape index (κ2) is 8.99. The summed E-state index contributed by atoms with van der Waals surface area (Å²) in [6.45, 7) is 7.18. The number of carbonyl (C=O) groups is 1. The van der Waals surface area contributed by atoms with Gasteiger partial charge in [-0.1, -0.05) is 36.4 Å². The van der Waals surface area contributed by atoms with Crippen LogP contribution in [0, 0.1) is 6.92 Å². The fourth-order valence-corrected chi connectivity index (χ4v) is 2.94. The second-order valence-corrected chi connectivity index (χ2v) is 6.58. The average molecular weight is 375 g/mol. The van der Waals surface area contributed by atoms with Gasteiger partial charge in [0.05, 0.1) is 0 Å². The number of carbonyl (C=O) groups excluding carboxylic acids is 1. The van der Waals surface area contributed by atoms with E-state index in [4.69, 9.17) is 4.98 Å². The van der Waals surface area contributed by atoms with Gasteiger partial charge < -0.3 is 15.5 Å². The predicted octanol–water partition coefficient (Wildman–Crippen LogP) is 4.51. The van der Waals surface area contributed by atoms with E-state index in [0.29, 0.717) is 5.95 Å². The molecule has 0 unspecified atom stereocenters. The van der Waals surface area contributed by atoms with Crippen molar-refractivity contribution in [3.8, 4) is 0 Å². The van der Waals surface area contributed by atoms with Crippen LogP contribution in [0.25, 0.3) is 0 Å². The molecule has 28 heavy (non-hydrogen) atoms. The molecule has 1 heterocycles. The number of nitrogens with zero attached hydrogens (tertiary/aromatic N) is 3. The van der Waals surface area contributed by atoms with E-state index in [0.717, 1.165) is 36.0 Å². The highest BCUT2D eigenvalue weighted by atomic mass is 16.1. The van der Waals surface area contributed by atoms with E-state index in [1.54, 1.807) is 0 Å². The van der Waals surface area contributed by atoms with Crippen LogP contribution in [0.3, 0.4) is 0 Å². The van der Waals surface area contributed by atoms with E-state index >= 15 is 0 Å². The minimum absolute atomic E-state index is 0.106. The minimum atomic E-state index is -0.106. The van der Waals surface area contributed by atoms with Crippen molar-refractivity contribution >= 4 is 29.0 Å². The van der Waals surface area contributed by atoms with Gasteiger partial charge in [-0.25, -0.2) is 4.98 Å². The number of hydrogen-bond acceptors (Lipinski definition) is 5. The molecule has 2 N–H and O–H groups in total. The first-order chi connectivity index (χ1) is 13.5. The highest BCUT2D eigenvalue weighted by molar-refractivity contribution is 5.89. The van der Waals surface area contributed by atoms with Crippen molar-refractivity contribution in [2.24, 2.45) is 0 Å². The van der Waals surface area contributed by atoms with Gasteiger partial charge in [-0.15, -0.1) is 0 Å². The van der Waals surface area contributed by atoms with Crippen molar-refractivity contribution in [2.45, 2.75) is 27.3 Å². The Morgan fingerprint density at radius 1 is 1.00 bits per heavy atom. The zero-order valence-electron chi connectivity index (χ0n) is 16.4. The van der Waals surface area contributed by atoms with Crippen LogP contribution in [0.1, 0.15) is 25.1 Å². The molecule has 0 spiro atoms. The smallest absolute Gasteiger partial charge is 0.229 e. The molecule has 0 fully saturated rings. The van der Waals surface area contributed by atoms with Crippen LogP contribution < -0.4 is 15.5 Å². The van der Waals surface area contributed by atoms with Crippen molar-refractivity contribution in [1.29, 1.82) is 0 Å². The molecule has 6 nitrogen and oxygen atoms in total. The number of hydrogen-bond donors (Lipinski definition) is 2. The number of aryl methyl sites for hydroxylation is 1. The molecule has 0 bridgehead atoms. The van der Waals surface area contributed by atoms with Crippen LogP contribution in [-0.4, -0.2) is 22.4 Å². The third-order valence-electron chi connectivity index (χ3n) is 4.20. The highest BCUT2D eigenvalue weighted by Gasteiger charge is 2.10. The van der Waals surface area contributed by atoms with E-state index in [-0.39, 0.29) is 5.91 Å². The fourth-order valence-electron chi connectivity index (χ4n) is 2.94. The van der Waals surface area contributed by atoms with Crippen LogP contribution in [0.5, 0.6) is 0 Å². The molecular formula is C22H25N5O. The zero-order valence-corrected chi connectivity index (χ0v) is 16.4. The van der Waals surface area contributed by atoms with Gasteiger partial charge in [-0.3, -0.25) is 4.79 Å². The number of aromatic nitrogens is 2. The molecule has 1 aromatic heterocycles. The third-order valence-corrected chi connectivity index (χ3v) is 4.20. The van der Waals surface area contributed by atoms with Gasteiger partial charge >= 0.3 is 0 Å². The summed E-state index contributed by atoms with van der Waals surface area (Å²) in [6.07, 6.45) is 0. The molecule has 1 amide bonds. The molecule has 0 aliphatic rings. The Balaban J connectivity index is 1.81. The Labute approximate surface area is 165 Å². The van der Waals surface area contributed by atoms with E-state index in [9.17, 15) is 4.79 Å². The first-order valence-corrected chi connectivity index (χ1v) is 9.32. The Hall–Kier alpha value is -3.41. The first-order valence-electron chi connectivity index (χ1n) is 9.32. The van der Waals surface area contributed by atoms with Gasteiger partial charge in [0.15, 0.2) is 0 Å². The Morgan fingerprint density at radius 2 is 1.75 bits per heavy atom. The molecular weight excluding hydrogens is 350 g/mol. The first kappa shape index (κ1) is 19.4. The van der Waals surface area contributed by atoms with Crippen LogP contribution >= 0.6 is 0 Å². The maximum Gasteiger partial charge on any atom is 0.229 e. The van der Waals surface area contributed by atoms with Gasteiger partial charge in [0, 0.05) is 43.1 Å². The predicted molar refractivity (Wildman–Crippen MR) is 114 cm³/mol. The zero-order chi connectivity index (χ0) is 19.9. The standard InChI is InChI=1S/C22H25N5O/c1-4-27(15-18-9-6-5-7-10-18)21-13-16(2)23-22(26-21)25-20-12-8-11-19(14-20)24-17(3)28/h5-14H,4,15H2,1-3H3,(H,24,28)(H,23,25,26). The molecule has 144 valence electrons. The Kier molecular flexibility index (Phi) is 6.22. The molecule has 2 aromatic carbocycles.